The Labute approximate surface area is 159 Å². The molecule has 0 fully saturated rings. The van der Waals surface area contributed by atoms with Gasteiger partial charge in [-0.2, -0.15) is 0 Å². The van der Waals surface area contributed by atoms with Crippen LogP contribution in [-0.2, 0) is 17.7 Å². The van der Waals surface area contributed by atoms with Gasteiger partial charge < -0.3 is 17.7 Å². The van der Waals surface area contributed by atoms with E-state index in [4.69, 9.17) is 17.7 Å². The molecule has 0 aliphatic heterocycles. The van der Waals surface area contributed by atoms with E-state index in [2.05, 4.69) is 13.8 Å². The topological polar surface area (TPSA) is 36.9 Å². The molecule has 0 aromatic carbocycles. The summed E-state index contributed by atoms with van der Waals surface area (Å²) in [7, 11) is 3.22. The first-order valence-corrected chi connectivity index (χ1v) is 14.7. The third-order valence-corrected chi connectivity index (χ3v) is 12.9. The molecule has 0 bridgehead atoms. The minimum absolute atomic E-state index is 1.04. The van der Waals surface area contributed by atoms with Crippen LogP contribution in [0.5, 0.6) is 0 Å². The Morgan fingerprint density at radius 2 is 0.760 bits per heavy atom. The first-order chi connectivity index (χ1) is 12.1. The predicted octanol–water partition coefficient (Wildman–Crippen LogP) is 6.01. The van der Waals surface area contributed by atoms with Crippen LogP contribution >= 0.6 is 0 Å². The molecule has 0 aliphatic carbocycles. The van der Waals surface area contributed by atoms with Crippen LogP contribution in [0.2, 0.25) is 24.2 Å². The molecule has 0 spiro atoms. The van der Waals surface area contributed by atoms with Gasteiger partial charge in [-0.05, 0) is 30.6 Å². The Bertz CT molecular complexity index is 267. The van der Waals surface area contributed by atoms with Crippen molar-refractivity contribution in [2.75, 3.05) is 28.4 Å². The molecule has 0 radical (unpaired) electrons. The van der Waals surface area contributed by atoms with Crippen LogP contribution in [0.3, 0.4) is 0 Å². The van der Waals surface area contributed by atoms with Gasteiger partial charge in [-0.15, -0.1) is 0 Å². The van der Waals surface area contributed by atoms with E-state index in [-0.39, 0.29) is 0 Å². The summed E-state index contributed by atoms with van der Waals surface area (Å²) < 4.78 is 23.7. The molecule has 0 unspecified atom stereocenters. The second-order valence-electron chi connectivity index (χ2n) is 7.11. The highest BCUT2D eigenvalue weighted by Crippen LogP contribution is 2.29. The zero-order valence-corrected chi connectivity index (χ0v) is 19.8. The molecule has 152 valence electrons. The molecule has 0 aliphatic rings. The molecule has 0 atom stereocenters. The van der Waals surface area contributed by atoms with Crippen LogP contribution in [-0.4, -0.2) is 45.6 Å². The average molecular weight is 393 g/mol. The third-order valence-electron chi connectivity index (χ3n) is 5.43. The Hall–Kier alpha value is 0.274. The lowest BCUT2D eigenvalue weighted by Gasteiger charge is -2.31. The highest BCUT2D eigenvalue weighted by molar-refractivity contribution is 6.69. The van der Waals surface area contributed by atoms with Gasteiger partial charge in [0.05, 0.1) is 0 Å². The molecular weight excluding hydrogens is 348 g/mol. The maximum absolute atomic E-state index is 5.91. The molecule has 0 aromatic rings. The van der Waals surface area contributed by atoms with E-state index >= 15 is 0 Å². The van der Waals surface area contributed by atoms with Crippen LogP contribution in [0.4, 0.5) is 0 Å². The molecule has 0 aromatic heterocycles. The van der Waals surface area contributed by atoms with E-state index in [0.717, 1.165) is 30.6 Å². The van der Waals surface area contributed by atoms with Gasteiger partial charge in [0.25, 0.3) is 0 Å². The molecule has 0 heterocycles. The van der Waals surface area contributed by atoms with Gasteiger partial charge in [0.15, 0.2) is 0 Å². The standard InChI is InChI=1S/C19H44O4Si2/c1-7-9-11-13-16-24(20-3,21-4)18-15-19-25(22-5,23-6)17-14-12-10-8-2/h7-19H2,1-6H3. The SMILES string of the molecule is CCCCCC[Si](CCC[Si](CCCCCC)(OC)OC)(OC)OC. The second-order valence-corrected chi connectivity index (χ2v) is 14.4. The van der Waals surface area contributed by atoms with Crippen LogP contribution < -0.4 is 0 Å². The summed E-state index contributed by atoms with van der Waals surface area (Å²) in [5.41, 5.74) is 0. The van der Waals surface area contributed by atoms with E-state index in [9.17, 15) is 0 Å². The summed E-state index contributed by atoms with van der Waals surface area (Å²) in [5, 5.41) is 0. The Kier molecular flexibility index (Phi) is 15.5. The lowest BCUT2D eigenvalue weighted by atomic mass is 10.2. The normalized spacial score (nSPS) is 12.7. The first-order valence-electron chi connectivity index (χ1n) is 10.3. The van der Waals surface area contributed by atoms with Crippen molar-refractivity contribution in [2.24, 2.45) is 0 Å². The van der Waals surface area contributed by atoms with Crippen LogP contribution in [0, 0.1) is 0 Å². The van der Waals surface area contributed by atoms with Crippen molar-refractivity contribution < 1.29 is 17.7 Å². The van der Waals surface area contributed by atoms with Gasteiger partial charge in [0.2, 0.25) is 0 Å². The minimum Gasteiger partial charge on any atom is -0.398 e. The molecule has 0 rings (SSSR count). The van der Waals surface area contributed by atoms with Crippen molar-refractivity contribution in [3.8, 4) is 0 Å². The Balaban J connectivity index is 4.47. The summed E-state index contributed by atoms with van der Waals surface area (Å²) in [6, 6.07) is 4.29. The maximum atomic E-state index is 5.91. The number of unbranched alkanes of at least 4 members (excludes halogenated alkanes) is 6. The largest absolute Gasteiger partial charge is 0.398 e. The van der Waals surface area contributed by atoms with Crippen LogP contribution in [0.25, 0.3) is 0 Å². The van der Waals surface area contributed by atoms with E-state index in [1.165, 1.54) is 51.4 Å². The van der Waals surface area contributed by atoms with Crippen molar-refractivity contribution in [3.63, 3.8) is 0 Å². The zero-order valence-electron chi connectivity index (χ0n) is 17.8. The fraction of sp³-hybridized carbons (Fsp3) is 1.00. The van der Waals surface area contributed by atoms with E-state index in [1.54, 1.807) is 0 Å². The summed E-state index contributed by atoms with van der Waals surface area (Å²) in [6.45, 7) is 4.50. The number of hydrogen-bond acceptors (Lipinski definition) is 4. The molecule has 0 N–H and O–H groups in total. The summed E-state index contributed by atoms with van der Waals surface area (Å²) in [4.78, 5) is 0. The van der Waals surface area contributed by atoms with Crippen molar-refractivity contribution >= 4 is 17.1 Å². The van der Waals surface area contributed by atoms with Crippen molar-refractivity contribution in [1.82, 2.24) is 0 Å². The number of hydrogen-bond donors (Lipinski definition) is 0. The van der Waals surface area contributed by atoms with Gasteiger partial charge in [-0.1, -0.05) is 65.2 Å². The fourth-order valence-corrected chi connectivity index (χ4v) is 9.33. The molecule has 25 heavy (non-hydrogen) atoms. The van der Waals surface area contributed by atoms with Crippen molar-refractivity contribution in [3.05, 3.63) is 0 Å². The minimum atomic E-state index is -2.05. The van der Waals surface area contributed by atoms with Gasteiger partial charge in [0, 0.05) is 28.4 Å². The predicted molar refractivity (Wildman–Crippen MR) is 112 cm³/mol. The lowest BCUT2D eigenvalue weighted by molar-refractivity contribution is 0.231. The Morgan fingerprint density at radius 3 is 1.04 bits per heavy atom. The van der Waals surface area contributed by atoms with E-state index in [0.29, 0.717) is 0 Å². The smallest absolute Gasteiger partial charge is 0.337 e. The average Bonchev–Trinajstić information content (AvgIpc) is 2.66. The fourth-order valence-electron chi connectivity index (χ4n) is 3.50. The van der Waals surface area contributed by atoms with Crippen LogP contribution in [0.15, 0.2) is 0 Å². The van der Waals surface area contributed by atoms with Crippen LogP contribution in [0.1, 0.15) is 71.6 Å². The highest BCUT2D eigenvalue weighted by atomic mass is 28.4. The zero-order chi connectivity index (χ0) is 19.0. The monoisotopic (exact) mass is 392 g/mol. The van der Waals surface area contributed by atoms with E-state index in [1.807, 2.05) is 28.4 Å². The summed E-state index contributed by atoms with van der Waals surface area (Å²) >= 11 is 0. The van der Waals surface area contributed by atoms with Crippen molar-refractivity contribution in [1.29, 1.82) is 0 Å². The molecule has 4 nitrogen and oxygen atoms in total. The number of rotatable bonds is 18. The molecule has 0 saturated heterocycles. The van der Waals surface area contributed by atoms with Gasteiger partial charge >= 0.3 is 17.1 Å². The summed E-state index contributed by atoms with van der Waals surface area (Å²) in [5.74, 6) is 0. The quantitative estimate of drug-likeness (QED) is 0.211. The highest BCUT2D eigenvalue weighted by Gasteiger charge is 2.38. The second kappa shape index (κ2) is 15.3. The molecule has 0 amide bonds. The van der Waals surface area contributed by atoms with E-state index < -0.39 is 17.1 Å². The van der Waals surface area contributed by atoms with Gasteiger partial charge in [0.1, 0.15) is 0 Å². The lowest BCUT2D eigenvalue weighted by Crippen LogP contribution is -2.43. The molecular formula is C19H44O4Si2. The first kappa shape index (κ1) is 25.3. The Morgan fingerprint density at radius 1 is 0.440 bits per heavy atom. The summed E-state index contributed by atoms with van der Waals surface area (Å²) in [6.07, 6.45) is 11.2. The van der Waals surface area contributed by atoms with Gasteiger partial charge in [-0.25, -0.2) is 0 Å². The maximum Gasteiger partial charge on any atom is 0.337 e. The van der Waals surface area contributed by atoms with Gasteiger partial charge in [-0.3, -0.25) is 0 Å². The van der Waals surface area contributed by atoms with Crippen molar-refractivity contribution in [2.45, 2.75) is 95.8 Å². The molecule has 0 saturated carbocycles. The molecule has 6 heteroatoms. The third kappa shape index (κ3) is 10.3.